The first-order valence-electron chi connectivity index (χ1n) is 7.12. The fourth-order valence-electron chi connectivity index (χ4n) is 2.73. The smallest absolute Gasteiger partial charge is 0.282 e. The van der Waals surface area contributed by atoms with Crippen LogP contribution in [0.2, 0.25) is 0 Å². The molecule has 0 spiro atoms. The van der Waals surface area contributed by atoms with E-state index in [2.05, 4.69) is 4.98 Å². The first kappa shape index (κ1) is 14.5. The van der Waals surface area contributed by atoms with Crippen LogP contribution >= 0.6 is 0 Å². The molecular weight excluding hydrogens is 288 g/mol. The van der Waals surface area contributed by atoms with E-state index in [9.17, 15) is 8.42 Å². The SMILES string of the molecule is CN(Cc1nc2ccccc2n1C)S(=O)(=O)N1CCCC1. The minimum Gasteiger partial charge on any atom is -0.330 e. The first-order valence-corrected chi connectivity index (χ1v) is 8.51. The number of rotatable bonds is 4. The summed E-state index contributed by atoms with van der Waals surface area (Å²) in [7, 11) is 0.158. The molecule has 0 bridgehead atoms. The van der Waals surface area contributed by atoms with Gasteiger partial charge in [-0.3, -0.25) is 0 Å². The van der Waals surface area contributed by atoms with Crippen molar-refractivity contribution in [1.29, 1.82) is 0 Å². The molecule has 3 rings (SSSR count). The molecule has 0 aliphatic carbocycles. The second-order valence-corrected chi connectivity index (χ2v) is 7.48. The van der Waals surface area contributed by atoms with Gasteiger partial charge >= 0.3 is 0 Å². The molecule has 0 atom stereocenters. The number of imidazole rings is 1. The van der Waals surface area contributed by atoms with E-state index in [1.54, 1.807) is 11.4 Å². The highest BCUT2D eigenvalue weighted by molar-refractivity contribution is 7.86. The van der Waals surface area contributed by atoms with Crippen LogP contribution in [0.15, 0.2) is 24.3 Å². The fourth-order valence-corrected chi connectivity index (χ4v) is 4.13. The molecule has 0 amide bonds. The summed E-state index contributed by atoms with van der Waals surface area (Å²) in [6.45, 7) is 1.52. The van der Waals surface area contributed by atoms with Crippen LogP contribution in [0, 0.1) is 0 Å². The van der Waals surface area contributed by atoms with Crippen molar-refractivity contribution in [2.75, 3.05) is 20.1 Å². The van der Waals surface area contributed by atoms with Gasteiger partial charge in [-0.1, -0.05) is 12.1 Å². The van der Waals surface area contributed by atoms with Crippen LogP contribution < -0.4 is 0 Å². The Balaban J connectivity index is 1.86. The maximum absolute atomic E-state index is 12.5. The number of fused-ring (bicyclic) bond motifs is 1. The minimum absolute atomic E-state index is 0.282. The maximum Gasteiger partial charge on any atom is 0.282 e. The zero-order chi connectivity index (χ0) is 15.0. The number of benzene rings is 1. The first-order chi connectivity index (χ1) is 10.00. The summed E-state index contributed by atoms with van der Waals surface area (Å²) in [6, 6.07) is 7.82. The molecule has 0 N–H and O–H groups in total. The average molecular weight is 308 g/mol. The van der Waals surface area contributed by atoms with Gasteiger partial charge in [-0.2, -0.15) is 17.0 Å². The van der Waals surface area contributed by atoms with Crippen LogP contribution in [-0.2, 0) is 23.8 Å². The molecule has 7 heteroatoms. The lowest BCUT2D eigenvalue weighted by Crippen LogP contribution is -2.40. The topological polar surface area (TPSA) is 58.4 Å². The number of aromatic nitrogens is 2. The van der Waals surface area contributed by atoms with Gasteiger partial charge in [-0.25, -0.2) is 4.98 Å². The Bertz CT molecular complexity index is 747. The molecule has 114 valence electrons. The van der Waals surface area contributed by atoms with E-state index in [0.717, 1.165) is 29.7 Å². The van der Waals surface area contributed by atoms with Gasteiger partial charge in [0.2, 0.25) is 0 Å². The third kappa shape index (κ3) is 2.56. The average Bonchev–Trinajstić information content (AvgIpc) is 3.09. The van der Waals surface area contributed by atoms with Gasteiger partial charge in [-0.15, -0.1) is 0 Å². The summed E-state index contributed by atoms with van der Waals surface area (Å²) < 4.78 is 29.8. The number of aryl methyl sites for hydroxylation is 1. The van der Waals surface area contributed by atoms with Crippen LogP contribution in [0.5, 0.6) is 0 Å². The monoisotopic (exact) mass is 308 g/mol. The summed E-state index contributed by atoms with van der Waals surface area (Å²) in [4.78, 5) is 4.53. The third-order valence-electron chi connectivity index (χ3n) is 4.03. The van der Waals surface area contributed by atoms with Crippen molar-refractivity contribution >= 4 is 21.2 Å². The molecule has 1 aliphatic rings. The van der Waals surface area contributed by atoms with Crippen LogP contribution in [-0.4, -0.2) is 46.7 Å². The van der Waals surface area contributed by atoms with E-state index >= 15 is 0 Å². The molecule has 1 aromatic carbocycles. The van der Waals surface area contributed by atoms with Crippen molar-refractivity contribution in [1.82, 2.24) is 18.2 Å². The molecule has 21 heavy (non-hydrogen) atoms. The number of para-hydroxylation sites is 2. The van der Waals surface area contributed by atoms with Gasteiger partial charge in [0.1, 0.15) is 5.82 Å². The molecule has 1 aliphatic heterocycles. The second kappa shape index (κ2) is 5.40. The molecule has 1 saturated heterocycles. The summed E-state index contributed by atoms with van der Waals surface area (Å²) >= 11 is 0. The largest absolute Gasteiger partial charge is 0.330 e. The number of hydrogen-bond donors (Lipinski definition) is 0. The normalized spacial score (nSPS) is 17.1. The molecule has 6 nitrogen and oxygen atoms in total. The fraction of sp³-hybridized carbons (Fsp3) is 0.500. The highest BCUT2D eigenvalue weighted by atomic mass is 32.2. The summed E-state index contributed by atoms with van der Waals surface area (Å²) in [5.41, 5.74) is 1.90. The standard InChI is InChI=1S/C14H20N4O2S/c1-16(21(19,20)18-9-5-6-10-18)11-14-15-12-7-3-4-8-13(12)17(14)2/h3-4,7-8H,5-6,9-11H2,1-2H3. The van der Waals surface area contributed by atoms with Crippen LogP contribution in [0.1, 0.15) is 18.7 Å². The van der Waals surface area contributed by atoms with Crippen molar-refractivity contribution in [3.05, 3.63) is 30.1 Å². The van der Waals surface area contributed by atoms with Crippen LogP contribution in [0.3, 0.4) is 0 Å². The van der Waals surface area contributed by atoms with Crippen molar-refractivity contribution in [3.63, 3.8) is 0 Å². The van der Waals surface area contributed by atoms with Crippen molar-refractivity contribution in [3.8, 4) is 0 Å². The molecule has 0 unspecified atom stereocenters. The zero-order valence-corrected chi connectivity index (χ0v) is 13.2. The van der Waals surface area contributed by atoms with E-state index in [4.69, 9.17) is 0 Å². The lowest BCUT2D eigenvalue weighted by atomic mass is 10.3. The quantitative estimate of drug-likeness (QED) is 0.856. The van der Waals surface area contributed by atoms with Crippen molar-refractivity contribution in [2.24, 2.45) is 7.05 Å². The predicted octanol–water partition coefficient (Wildman–Crippen LogP) is 1.35. The Morgan fingerprint density at radius 1 is 1.24 bits per heavy atom. The van der Waals surface area contributed by atoms with E-state index in [0.29, 0.717) is 13.1 Å². The van der Waals surface area contributed by atoms with Gasteiger partial charge in [0.05, 0.1) is 17.6 Å². The third-order valence-corrected chi connectivity index (χ3v) is 5.96. The highest BCUT2D eigenvalue weighted by Gasteiger charge is 2.30. The molecule has 0 saturated carbocycles. The molecular formula is C14H20N4O2S. The Hall–Kier alpha value is -1.44. The molecule has 0 radical (unpaired) electrons. The van der Waals surface area contributed by atoms with E-state index in [1.807, 2.05) is 35.9 Å². The molecule has 2 heterocycles. The van der Waals surface area contributed by atoms with Gasteiger partial charge in [0.15, 0.2) is 0 Å². The van der Waals surface area contributed by atoms with Crippen molar-refractivity contribution < 1.29 is 8.42 Å². The van der Waals surface area contributed by atoms with Gasteiger partial charge < -0.3 is 4.57 Å². The summed E-state index contributed by atoms with van der Waals surface area (Å²) in [5.74, 6) is 0.751. The van der Waals surface area contributed by atoms with Gasteiger partial charge in [-0.05, 0) is 25.0 Å². The molecule has 1 fully saturated rings. The van der Waals surface area contributed by atoms with E-state index in [1.165, 1.54) is 4.31 Å². The van der Waals surface area contributed by atoms with Crippen LogP contribution in [0.4, 0.5) is 0 Å². The maximum atomic E-state index is 12.5. The minimum atomic E-state index is -3.38. The van der Waals surface area contributed by atoms with E-state index < -0.39 is 10.2 Å². The van der Waals surface area contributed by atoms with Crippen molar-refractivity contribution in [2.45, 2.75) is 19.4 Å². The Morgan fingerprint density at radius 3 is 2.57 bits per heavy atom. The predicted molar refractivity (Wildman–Crippen MR) is 81.9 cm³/mol. The van der Waals surface area contributed by atoms with Crippen LogP contribution in [0.25, 0.3) is 11.0 Å². The zero-order valence-electron chi connectivity index (χ0n) is 12.4. The Kier molecular flexibility index (Phi) is 3.73. The summed E-state index contributed by atoms with van der Waals surface area (Å²) in [5, 5.41) is 0. The summed E-state index contributed by atoms with van der Waals surface area (Å²) in [6.07, 6.45) is 1.89. The highest BCUT2D eigenvalue weighted by Crippen LogP contribution is 2.19. The molecule has 2 aromatic rings. The lowest BCUT2D eigenvalue weighted by molar-refractivity contribution is 0.385. The Labute approximate surface area is 125 Å². The second-order valence-electron chi connectivity index (χ2n) is 5.45. The van der Waals surface area contributed by atoms with Gasteiger partial charge in [0, 0.05) is 27.2 Å². The molecule has 1 aromatic heterocycles. The Morgan fingerprint density at radius 2 is 1.90 bits per heavy atom. The van der Waals surface area contributed by atoms with Gasteiger partial charge in [0.25, 0.3) is 10.2 Å². The lowest BCUT2D eigenvalue weighted by Gasteiger charge is -2.23. The van der Waals surface area contributed by atoms with E-state index in [-0.39, 0.29) is 6.54 Å². The number of hydrogen-bond acceptors (Lipinski definition) is 3. The number of nitrogens with zero attached hydrogens (tertiary/aromatic N) is 4.